The van der Waals surface area contributed by atoms with Crippen molar-refractivity contribution >= 4 is 221 Å². The third-order valence-electron chi connectivity index (χ3n) is 32.3. The molecule has 682 valence electrons. The van der Waals surface area contributed by atoms with Crippen molar-refractivity contribution in [2.24, 2.45) is 0 Å². The molecular weight excluding hydrogens is 1730 g/mol. The molecule has 0 atom stereocenters. The molecule has 22 aromatic carbocycles. The largest absolute Gasteiger partial charge is 0.455 e. The van der Waals surface area contributed by atoms with E-state index in [0.29, 0.717) is 0 Å². The highest BCUT2D eigenvalue weighted by molar-refractivity contribution is 6.39. The second kappa shape index (κ2) is 30.4. The minimum Gasteiger partial charge on any atom is -0.455 e. The summed E-state index contributed by atoms with van der Waals surface area (Å²) in [6, 6.07) is 128. The molecule has 8 heteroatoms. The number of hydrogen-bond acceptors (Lipinski definition) is 8. The van der Waals surface area contributed by atoms with E-state index in [-0.39, 0.29) is 10.8 Å². The van der Waals surface area contributed by atoms with Crippen LogP contribution in [0, 0.1) is 76.2 Å². The Morgan fingerprint density at radius 2 is 0.556 bits per heavy atom. The molecule has 2 aliphatic heterocycles. The van der Waals surface area contributed by atoms with Gasteiger partial charge in [0.1, 0.15) is 44.7 Å². The summed E-state index contributed by atoms with van der Waals surface area (Å²) in [5.74, 6) is 0. The van der Waals surface area contributed by atoms with Crippen molar-refractivity contribution in [2.75, 3.05) is 19.6 Å². The van der Waals surface area contributed by atoms with E-state index in [0.717, 1.165) is 189 Å². The molecule has 0 spiro atoms. The fraction of sp³-hybridized carbons (Fsp3) is 0.134. The Morgan fingerprint density at radius 1 is 0.246 bits per heavy atom. The topological polar surface area (TPSA) is 65.5 Å². The van der Waals surface area contributed by atoms with Crippen LogP contribution in [0.2, 0.25) is 0 Å². The number of benzene rings is 22. The van der Waals surface area contributed by atoms with E-state index >= 15 is 0 Å². The normalized spacial score (nSPS) is 13.6. The van der Waals surface area contributed by atoms with Crippen LogP contribution in [-0.2, 0) is 17.3 Å². The zero-order valence-corrected chi connectivity index (χ0v) is 82.2. The van der Waals surface area contributed by atoms with Crippen molar-refractivity contribution in [3.63, 3.8) is 0 Å². The van der Waals surface area contributed by atoms with Crippen LogP contribution >= 0.6 is 0 Å². The molecule has 142 heavy (non-hydrogen) atoms. The number of hydrogen-bond donors (Lipinski definition) is 0. The summed E-state index contributed by atoms with van der Waals surface area (Å²) in [5, 5.41) is 22.3. The summed E-state index contributed by atoms with van der Waals surface area (Å²) >= 11 is 0. The van der Waals surface area contributed by atoms with Crippen LogP contribution < -0.4 is 19.6 Å². The van der Waals surface area contributed by atoms with Crippen molar-refractivity contribution in [1.82, 2.24) is 0 Å². The third-order valence-corrected chi connectivity index (χ3v) is 32.3. The van der Waals surface area contributed by atoms with Gasteiger partial charge in [-0.25, -0.2) is 0 Å². The predicted molar refractivity (Wildman–Crippen MR) is 598 cm³/mol. The molecule has 0 saturated heterocycles. The molecule has 26 aromatic rings. The predicted octanol–water partition coefficient (Wildman–Crippen LogP) is 38.6. The molecule has 0 radical (unpaired) electrons. The summed E-state index contributed by atoms with van der Waals surface area (Å²) in [5.41, 5.74) is 44.4. The Morgan fingerprint density at radius 3 is 0.937 bits per heavy atom. The van der Waals surface area contributed by atoms with E-state index in [2.05, 4.69) is 456 Å². The molecule has 4 aromatic heterocycles. The monoisotopic (exact) mass is 1830 g/mol. The van der Waals surface area contributed by atoms with Gasteiger partial charge in [-0.3, -0.25) is 0 Å². The molecule has 0 bridgehead atoms. The van der Waals surface area contributed by atoms with Crippen molar-refractivity contribution in [3.05, 3.63) is 429 Å². The standard InChI is InChI=1S/C134H102N4O4/c1-73-55-76(4)125(77(5)56-73)137(126-78(6)57-74(2)58-79(126)7)91-45-51-93-103-63-87-42-48-98-122-88(41-47-97(121(87)122)129(103)139-119(93)67-91)64-104-94-52-46-92(68-120(94)140-130(98)104)138(127-80(8)59-75(3)60-81(127)9)128-82(10)61-84(62-83(128)11)53-54-134(14)111-35-23-27-39-115(111)136(116-40-28-24-36-112(116)134)90-44-50-96-106-72-102-99(85-29-17-15-18-30-85)69-107-123-101(100(86-31-19-16-20-32-86)70-108(124(102)123)132(106)142-118(96)66-90)71-105-95-49-43-89(65-117(95)141-131(105)107)135-113-37-25-21-33-109(113)133(12,13)110-34-22-26-38-114(110)135/h15-52,55-72H,53-54H2,1-14H3. The minimum atomic E-state index is -0.378. The number of nitrogens with zero attached hydrogens (tertiary/aromatic N) is 4. The smallest absolute Gasteiger partial charge is 0.143 e. The van der Waals surface area contributed by atoms with Gasteiger partial charge in [0.05, 0.1) is 45.5 Å². The molecule has 0 unspecified atom stereocenters. The Bertz CT molecular complexity index is 9680. The SMILES string of the molecule is Cc1cc(C)c(N(c2ccc3c(c2)oc2c3cc3ccc4c5oc6cc(N(c7c(C)cc(C)cc7C)c7c(C)cc(CCC8(C)c9ccccc9N(c9ccc%10c(c9)oc9c%10cc%10c(-c%11ccccc%11)cc%11c%12oc%13cc(N%14c%15ccccc%15C(C)(C)c%15ccccc%15%14)ccc%13c%12cc%12c(-c%13ccccc%13)cc9c%10c%12%11)c9ccccc98)cc7C)ccc6c5cc5ccc2c3c54)c2c(C)cc(C)cc2C)c(C)c1. The molecule has 2 aliphatic rings. The summed E-state index contributed by atoms with van der Waals surface area (Å²) in [6.45, 7) is 31.9. The fourth-order valence-electron chi connectivity index (χ4n) is 26.5. The molecule has 8 nitrogen and oxygen atoms in total. The summed E-state index contributed by atoms with van der Waals surface area (Å²) in [4.78, 5) is 9.89. The Labute approximate surface area is 823 Å². The van der Waals surface area contributed by atoms with Gasteiger partial charge >= 0.3 is 0 Å². The molecular formula is C134H102N4O4. The number of anilines is 12. The Balaban J connectivity index is 0.522. The average molecular weight is 1830 g/mol. The van der Waals surface area contributed by atoms with Gasteiger partial charge in [0.15, 0.2) is 0 Å². The lowest BCUT2D eigenvalue weighted by Gasteiger charge is -2.44. The van der Waals surface area contributed by atoms with E-state index < -0.39 is 0 Å². The molecule has 0 N–H and O–H groups in total. The van der Waals surface area contributed by atoms with Crippen molar-refractivity contribution < 1.29 is 17.7 Å². The van der Waals surface area contributed by atoms with E-state index in [1.807, 2.05) is 0 Å². The fourth-order valence-corrected chi connectivity index (χ4v) is 26.5. The maximum Gasteiger partial charge on any atom is 0.143 e. The van der Waals surface area contributed by atoms with Gasteiger partial charge in [0.25, 0.3) is 0 Å². The van der Waals surface area contributed by atoms with Gasteiger partial charge < -0.3 is 37.3 Å². The van der Waals surface area contributed by atoms with Gasteiger partial charge in [-0.2, -0.15) is 0 Å². The molecule has 28 rings (SSSR count). The van der Waals surface area contributed by atoms with E-state index in [9.17, 15) is 0 Å². The van der Waals surface area contributed by atoms with Crippen LogP contribution in [0.15, 0.2) is 357 Å². The third kappa shape index (κ3) is 12.0. The molecule has 0 amide bonds. The lowest BCUT2D eigenvalue weighted by molar-refractivity contribution is 0.515. The zero-order valence-electron chi connectivity index (χ0n) is 82.2. The second-order valence-corrected chi connectivity index (χ2v) is 41.8. The van der Waals surface area contributed by atoms with Gasteiger partial charge in [-0.15, -0.1) is 0 Å². The first-order valence-electron chi connectivity index (χ1n) is 50.0. The van der Waals surface area contributed by atoms with Gasteiger partial charge in [0.2, 0.25) is 0 Å². The number of para-hydroxylation sites is 4. The number of rotatable bonds is 13. The van der Waals surface area contributed by atoms with E-state index in [1.165, 1.54) is 155 Å². The zero-order chi connectivity index (χ0) is 95.8. The lowest BCUT2D eigenvalue weighted by Crippen LogP contribution is -2.33. The van der Waals surface area contributed by atoms with Crippen LogP contribution in [0.3, 0.4) is 0 Å². The van der Waals surface area contributed by atoms with Crippen molar-refractivity contribution in [2.45, 2.75) is 121 Å². The summed E-state index contributed by atoms with van der Waals surface area (Å²) in [7, 11) is 0. The van der Waals surface area contributed by atoms with Crippen LogP contribution in [-0.4, -0.2) is 0 Å². The number of furan rings is 4. The molecule has 0 aliphatic carbocycles. The highest BCUT2D eigenvalue weighted by Gasteiger charge is 2.42. The Hall–Kier alpha value is -16.7. The average Bonchev–Trinajstić information content (AvgIpc) is 1.43. The lowest BCUT2D eigenvalue weighted by atomic mass is 9.69. The quantitative estimate of drug-likeness (QED) is 0.106. The highest BCUT2D eigenvalue weighted by Crippen LogP contribution is 2.60. The molecule has 0 fully saturated rings. The van der Waals surface area contributed by atoms with E-state index in [1.54, 1.807) is 0 Å². The number of fused-ring (bicyclic) bond motifs is 20. The van der Waals surface area contributed by atoms with Crippen molar-refractivity contribution in [3.8, 4) is 22.3 Å². The van der Waals surface area contributed by atoms with Crippen molar-refractivity contribution in [1.29, 1.82) is 0 Å². The maximum absolute atomic E-state index is 7.60. The second-order valence-electron chi connectivity index (χ2n) is 41.8. The van der Waals surface area contributed by atoms with Crippen LogP contribution in [0.5, 0.6) is 0 Å². The highest BCUT2D eigenvalue weighted by atomic mass is 16.3. The number of aryl methyl sites for hydroxylation is 12. The minimum absolute atomic E-state index is 0.187. The van der Waals surface area contributed by atoms with Crippen LogP contribution in [0.4, 0.5) is 68.2 Å². The van der Waals surface area contributed by atoms with Gasteiger partial charge in [0, 0.05) is 144 Å². The first-order chi connectivity index (χ1) is 69.0. The van der Waals surface area contributed by atoms with Gasteiger partial charge in [-0.1, -0.05) is 232 Å². The summed E-state index contributed by atoms with van der Waals surface area (Å²) in [6.07, 6.45) is 1.72. The van der Waals surface area contributed by atoms with E-state index in [4.69, 9.17) is 17.7 Å². The van der Waals surface area contributed by atoms with Crippen LogP contribution in [0.1, 0.15) is 116 Å². The molecule has 6 heterocycles. The maximum atomic E-state index is 7.60. The first kappa shape index (κ1) is 83.5. The first-order valence-corrected chi connectivity index (χ1v) is 50.0. The van der Waals surface area contributed by atoms with Gasteiger partial charge in [-0.05, 0) is 326 Å². The summed E-state index contributed by atoms with van der Waals surface area (Å²) < 4.78 is 29.6. The van der Waals surface area contributed by atoms with Crippen LogP contribution in [0.25, 0.3) is 175 Å². The molecule has 0 saturated carbocycles. The Kier molecular flexibility index (Phi) is 17.9.